The second-order valence-electron chi connectivity index (χ2n) is 4.88. The van der Waals surface area contributed by atoms with E-state index in [0.717, 1.165) is 39.0 Å². The predicted molar refractivity (Wildman–Crippen MR) is 64.3 cm³/mol. The van der Waals surface area contributed by atoms with E-state index in [4.69, 9.17) is 0 Å². The Kier molecular flexibility index (Phi) is 4.60. The first-order valence-corrected chi connectivity index (χ1v) is 6.57. The maximum Gasteiger partial charge on any atom is 0.224 e. The summed E-state index contributed by atoms with van der Waals surface area (Å²) in [6.45, 7) is 6.33. The second-order valence-corrected chi connectivity index (χ2v) is 4.88. The van der Waals surface area contributed by atoms with E-state index in [1.165, 1.54) is 25.9 Å². The number of rotatable bonds is 5. The fraction of sp³-hybridized carbons (Fsp3) is 0.917. The first-order valence-electron chi connectivity index (χ1n) is 6.57. The van der Waals surface area contributed by atoms with Crippen LogP contribution in [0.15, 0.2) is 0 Å². The molecule has 2 aliphatic rings. The number of amides is 1. The lowest BCUT2D eigenvalue weighted by molar-refractivity contribution is -0.124. The van der Waals surface area contributed by atoms with Gasteiger partial charge in [-0.2, -0.15) is 0 Å². The SMILES string of the molecule is O=C(NCCCN1CCCC1)C1CCNC1. The highest BCUT2D eigenvalue weighted by atomic mass is 16.1. The van der Waals surface area contributed by atoms with Gasteiger partial charge in [0.05, 0.1) is 5.92 Å². The van der Waals surface area contributed by atoms with Crippen molar-refractivity contribution < 1.29 is 4.79 Å². The van der Waals surface area contributed by atoms with Gasteiger partial charge in [0.2, 0.25) is 5.91 Å². The lowest BCUT2D eigenvalue weighted by atomic mass is 10.1. The number of nitrogens with one attached hydrogen (secondary N) is 2. The van der Waals surface area contributed by atoms with Crippen molar-refractivity contribution in [3.05, 3.63) is 0 Å². The van der Waals surface area contributed by atoms with E-state index in [0.29, 0.717) is 0 Å². The van der Waals surface area contributed by atoms with Crippen LogP contribution in [0.2, 0.25) is 0 Å². The molecule has 0 aromatic heterocycles. The van der Waals surface area contributed by atoms with Crippen LogP contribution < -0.4 is 10.6 Å². The van der Waals surface area contributed by atoms with Gasteiger partial charge in [0.25, 0.3) is 0 Å². The Bertz CT molecular complexity index is 220. The molecule has 16 heavy (non-hydrogen) atoms. The van der Waals surface area contributed by atoms with Gasteiger partial charge in [-0.3, -0.25) is 4.79 Å². The molecule has 0 aromatic rings. The molecule has 0 spiro atoms. The van der Waals surface area contributed by atoms with Crippen LogP contribution >= 0.6 is 0 Å². The highest BCUT2D eigenvalue weighted by Gasteiger charge is 2.21. The zero-order chi connectivity index (χ0) is 11.2. The number of likely N-dealkylation sites (tertiary alicyclic amines) is 1. The first-order chi connectivity index (χ1) is 7.86. The normalized spacial score (nSPS) is 26.1. The van der Waals surface area contributed by atoms with Crippen LogP contribution in [-0.2, 0) is 4.79 Å². The molecule has 0 saturated carbocycles. The Morgan fingerprint density at radius 3 is 2.88 bits per heavy atom. The largest absolute Gasteiger partial charge is 0.356 e. The number of hydrogen-bond donors (Lipinski definition) is 2. The van der Waals surface area contributed by atoms with E-state index >= 15 is 0 Å². The molecule has 2 N–H and O–H groups in total. The number of hydrogen-bond acceptors (Lipinski definition) is 3. The lowest BCUT2D eigenvalue weighted by Gasteiger charge is -2.15. The van der Waals surface area contributed by atoms with E-state index in [1.807, 2.05) is 0 Å². The van der Waals surface area contributed by atoms with Gasteiger partial charge < -0.3 is 15.5 Å². The summed E-state index contributed by atoms with van der Waals surface area (Å²) in [6.07, 6.45) is 4.78. The minimum Gasteiger partial charge on any atom is -0.356 e. The van der Waals surface area contributed by atoms with Gasteiger partial charge in [0.1, 0.15) is 0 Å². The topological polar surface area (TPSA) is 44.4 Å². The Morgan fingerprint density at radius 2 is 2.19 bits per heavy atom. The Labute approximate surface area is 97.8 Å². The number of carbonyl (C=O) groups excluding carboxylic acids is 1. The molecule has 0 aliphatic carbocycles. The molecule has 0 bridgehead atoms. The maximum atomic E-state index is 11.7. The molecule has 1 unspecified atom stereocenters. The third kappa shape index (κ3) is 3.46. The summed E-state index contributed by atoms with van der Waals surface area (Å²) in [6, 6.07) is 0. The van der Waals surface area contributed by atoms with E-state index in [2.05, 4.69) is 15.5 Å². The minimum atomic E-state index is 0.215. The first kappa shape index (κ1) is 11.9. The van der Waals surface area contributed by atoms with Crippen molar-refractivity contribution >= 4 is 5.91 Å². The molecule has 2 saturated heterocycles. The Morgan fingerprint density at radius 1 is 1.38 bits per heavy atom. The molecular weight excluding hydrogens is 202 g/mol. The zero-order valence-electron chi connectivity index (χ0n) is 10.0. The minimum absolute atomic E-state index is 0.215. The third-order valence-corrected chi connectivity index (χ3v) is 3.58. The number of nitrogens with zero attached hydrogens (tertiary/aromatic N) is 1. The maximum absolute atomic E-state index is 11.7. The van der Waals surface area contributed by atoms with E-state index in [1.54, 1.807) is 0 Å². The quantitative estimate of drug-likeness (QED) is 0.657. The van der Waals surface area contributed by atoms with Crippen molar-refractivity contribution in [2.75, 3.05) is 39.3 Å². The monoisotopic (exact) mass is 225 g/mol. The second kappa shape index (κ2) is 6.21. The predicted octanol–water partition coefficient (Wildman–Crippen LogP) is 0.198. The standard InChI is InChI=1S/C12H23N3O/c16-12(11-4-6-13-10-11)14-5-3-9-15-7-1-2-8-15/h11,13H,1-10H2,(H,14,16). The third-order valence-electron chi connectivity index (χ3n) is 3.58. The van der Waals surface area contributed by atoms with E-state index in [9.17, 15) is 4.79 Å². The van der Waals surface area contributed by atoms with Crippen molar-refractivity contribution in [2.45, 2.75) is 25.7 Å². The zero-order valence-corrected chi connectivity index (χ0v) is 10.0. The smallest absolute Gasteiger partial charge is 0.224 e. The van der Waals surface area contributed by atoms with Crippen molar-refractivity contribution in [3.8, 4) is 0 Å². The lowest BCUT2D eigenvalue weighted by Crippen LogP contribution is -2.34. The molecular formula is C12H23N3O. The Hall–Kier alpha value is -0.610. The summed E-state index contributed by atoms with van der Waals surface area (Å²) < 4.78 is 0. The van der Waals surface area contributed by atoms with Crippen molar-refractivity contribution in [2.24, 2.45) is 5.92 Å². The van der Waals surface area contributed by atoms with Crippen molar-refractivity contribution in [1.82, 2.24) is 15.5 Å². The Balaban J connectivity index is 1.51. The van der Waals surface area contributed by atoms with Gasteiger partial charge in [0.15, 0.2) is 0 Å². The summed E-state index contributed by atoms with van der Waals surface area (Å²) in [4.78, 5) is 14.2. The van der Waals surface area contributed by atoms with Crippen LogP contribution in [0, 0.1) is 5.92 Å². The van der Waals surface area contributed by atoms with Gasteiger partial charge in [-0.1, -0.05) is 0 Å². The van der Waals surface area contributed by atoms with E-state index < -0.39 is 0 Å². The van der Waals surface area contributed by atoms with Crippen LogP contribution in [0.5, 0.6) is 0 Å². The van der Waals surface area contributed by atoms with Gasteiger partial charge in [0, 0.05) is 13.1 Å². The van der Waals surface area contributed by atoms with Gasteiger partial charge in [-0.25, -0.2) is 0 Å². The van der Waals surface area contributed by atoms with Crippen LogP contribution in [0.25, 0.3) is 0 Å². The van der Waals surface area contributed by atoms with Crippen LogP contribution in [0.4, 0.5) is 0 Å². The fourth-order valence-electron chi connectivity index (χ4n) is 2.54. The highest BCUT2D eigenvalue weighted by Crippen LogP contribution is 2.08. The molecule has 2 aliphatic heterocycles. The fourth-order valence-corrected chi connectivity index (χ4v) is 2.54. The van der Waals surface area contributed by atoms with Gasteiger partial charge in [-0.15, -0.1) is 0 Å². The summed E-state index contributed by atoms with van der Waals surface area (Å²) in [5.74, 6) is 0.457. The molecule has 4 nitrogen and oxygen atoms in total. The summed E-state index contributed by atoms with van der Waals surface area (Å²) >= 11 is 0. The summed E-state index contributed by atoms with van der Waals surface area (Å²) in [5, 5.41) is 6.26. The van der Waals surface area contributed by atoms with Crippen LogP contribution in [0.1, 0.15) is 25.7 Å². The molecule has 0 aromatic carbocycles. The van der Waals surface area contributed by atoms with Gasteiger partial charge >= 0.3 is 0 Å². The van der Waals surface area contributed by atoms with Gasteiger partial charge in [-0.05, 0) is 51.9 Å². The summed E-state index contributed by atoms with van der Waals surface area (Å²) in [5.41, 5.74) is 0. The highest BCUT2D eigenvalue weighted by molar-refractivity contribution is 5.79. The van der Waals surface area contributed by atoms with Crippen LogP contribution in [-0.4, -0.2) is 50.1 Å². The van der Waals surface area contributed by atoms with Crippen molar-refractivity contribution in [1.29, 1.82) is 0 Å². The average Bonchev–Trinajstić information content (AvgIpc) is 2.96. The molecule has 1 amide bonds. The molecule has 2 fully saturated rings. The molecule has 0 radical (unpaired) electrons. The molecule has 2 heterocycles. The molecule has 1 atom stereocenters. The number of carbonyl (C=O) groups is 1. The molecule has 92 valence electrons. The molecule has 2 rings (SSSR count). The van der Waals surface area contributed by atoms with E-state index in [-0.39, 0.29) is 11.8 Å². The van der Waals surface area contributed by atoms with Crippen LogP contribution in [0.3, 0.4) is 0 Å². The summed E-state index contributed by atoms with van der Waals surface area (Å²) in [7, 11) is 0. The molecule has 4 heteroatoms. The average molecular weight is 225 g/mol. The van der Waals surface area contributed by atoms with Crippen molar-refractivity contribution in [3.63, 3.8) is 0 Å².